The number of hydrogen-bond donors (Lipinski definition) is 0. The molecule has 0 aliphatic heterocycles. The lowest BCUT2D eigenvalue weighted by Gasteiger charge is -2.22. The van der Waals surface area contributed by atoms with Crippen LogP contribution >= 0.6 is 0 Å². The molecule has 2 aromatic heterocycles. The molecule has 3 aromatic rings. The average Bonchev–Trinajstić information content (AvgIpc) is 3.30. The van der Waals surface area contributed by atoms with Crippen LogP contribution in [0.1, 0.15) is 29.8 Å². The number of rotatable bonds is 5. The Morgan fingerprint density at radius 3 is 2.83 bits per heavy atom. The fourth-order valence-electron chi connectivity index (χ4n) is 3.19. The second-order valence-corrected chi connectivity index (χ2v) is 6.67. The van der Waals surface area contributed by atoms with E-state index < -0.39 is 0 Å². The second-order valence-electron chi connectivity index (χ2n) is 6.67. The third-order valence-electron chi connectivity index (χ3n) is 4.73. The average molecular weight is 323 g/mol. The first-order valence-electron chi connectivity index (χ1n) is 8.34. The predicted octanol–water partition coefficient (Wildman–Crippen LogP) is 3.00. The monoisotopic (exact) mass is 323 g/mol. The lowest BCUT2D eigenvalue weighted by Crippen LogP contribution is -2.26. The van der Waals surface area contributed by atoms with Gasteiger partial charge in [-0.25, -0.2) is 9.78 Å². The molecule has 0 radical (unpaired) electrons. The summed E-state index contributed by atoms with van der Waals surface area (Å²) >= 11 is 0. The fraction of sp³-hybridized carbons (Fsp3) is 0.368. The zero-order valence-electron chi connectivity index (χ0n) is 14.0. The van der Waals surface area contributed by atoms with Gasteiger partial charge in [0.15, 0.2) is 0 Å². The SMILES string of the molecule is Cc1cc(=O)oc2cc(CN(Cc3nccn3C)C3CC3)ccc12. The summed E-state index contributed by atoms with van der Waals surface area (Å²) in [6.07, 6.45) is 6.31. The van der Waals surface area contributed by atoms with Crippen molar-refractivity contribution in [3.63, 3.8) is 0 Å². The van der Waals surface area contributed by atoms with Crippen LogP contribution in [-0.2, 0) is 20.1 Å². The van der Waals surface area contributed by atoms with Crippen LogP contribution < -0.4 is 5.63 Å². The Balaban J connectivity index is 1.61. The summed E-state index contributed by atoms with van der Waals surface area (Å²) in [5.74, 6) is 1.07. The number of imidazole rings is 1. The fourth-order valence-corrected chi connectivity index (χ4v) is 3.19. The summed E-state index contributed by atoms with van der Waals surface area (Å²) in [6.45, 7) is 3.62. The highest BCUT2D eigenvalue weighted by Crippen LogP contribution is 2.30. The number of aryl methyl sites for hydroxylation is 2. The van der Waals surface area contributed by atoms with Crippen molar-refractivity contribution < 1.29 is 4.42 Å². The van der Waals surface area contributed by atoms with Crippen molar-refractivity contribution >= 4 is 11.0 Å². The molecule has 1 aliphatic carbocycles. The molecule has 0 atom stereocenters. The van der Waals surface area contributed by atoms with Gasteiger partial charge in [-0.3, -0.25) is 4.90 Å². The van der Waals surface area contributed by atoms with Gasteiger partial charge < -0.3 is 8.98 Å². The van der Waals surface area contributed by atoms with Crippen molar-refractivity contribution in [2.45, 2.75) is 38.9 Å². The molecule has 0 saturated heterocycles. The van der Waals surface area contributed by atoms with Crippen LogP contribution in [0.2, 0.25) is 0 Å². The van der Waals surface area contributed by atoms with Gasteiger partial charge in [-0.2, -0.15) is 0 Å². The zero-order chi connectivity index (χ0) is 16.7. The first-order valence-corrected chi connectivity index (χ1v) is 8.34. The largest absolute Gasteiger partial charge is 0.423 e. The van der Waals surface area contributed by atoms with Crippen LogP contribution in [0.3, 0.4) is 0 Å². The normalized spacial score (nSPS) is 14.6. The maximum atomic E-state index is 11.6. The molecule has 24 heavy (non-hydrogen) atoms. The van der Waals surface area contributed by atoms with Crippen LogP contribution in [0.4, 0.5) is 0 Å². The molecule has 0 spiro atoms. The molecule has 4 rings (SSSR count). The van der Waals surface area contributed by atoms with Crippen LogP contribution in [0.15, 0.2) is 45.9 Å². The maximum Gasteiger partial charge on any atom is 0.336 e. The van der Waals surface area contributed by atoms with Gasteiger partial charge in [-0.05, 0) is 37.0 Å². The molecule has 1 aliphatic rings. The van der Waals surface area contributed by atoms with E-state index >= 15 is 0 Å². The first kappa shape index (κ1) is 15.1. The first-order chi connectivity index (χ1) is 11.6. The summed E-state index contributed by atoms with van der Waals surface area (Å²) in [5.41, 5.74) is 2.51. The van der Waals surface area contributed by atoms with E-state index in [1.165, 1.54) is 12.8 Å². The third-order valence-corrected chi connectivity index (χ3v) is 4.73. The van der Waals surface area contributed by atoms with E-state index in [0.717, 1.165) is 35.4 Å². The molecule has 124 valence electrons. The van der Waals surface area contributed by atoms with E-state index in [1.807, 2.05) is 32.4 Å². The van der Waals surface area contributed by atoms with E-state index in [1.54, 1.807) is 6.07 Å². The Morgan fingerprint density at radius 2 is 2.12 bits per heavy atom. The Kier molecular flexibility index (Phi) is 3.73. The van der Waals surface area contributed by atoms with Crippen molar-refractivity contribution in [2.75, 3.05) is 0 Å². The summed E-state index contributed by atoms with van der Waals surface area (Å²) in [6, 6.07) is 8.34. The zero-order valence-corrected chi connectivity index (χ0v) is 14.0. The summed E-state index contributed by atoms with van der Waals surface area (Å²) in [5, 5.41) is 1.00. The highest BCUT2D eigenvalue weighted by molar-refractivity contribution is 5.80. The molecule has 2 heterocycles. The molecular formula is C19H21N3O2. The number of benzene rings is 1. The highest BCUT2D eigenvalue weighted by Gasteiger charge is 2.29. The lowest BCUT2D eigenvalue weighted by atomic mass is 10.1. The van der Waals surface area contributed by atoms with Gasteiger partial charge in [0.2, 0.25) is 0 Å². The van der Waals surface area contributed by atoms with Crippen LogP contribution in [0, 0.1) is 6.92 Å². The van der Waals surface area contributed by atoms with Gasteiger partial charge in [-0.1, -0.05) is 12.1 Å². The second kappa shape index (κ2) is 5.91. The molecule has 1 saturated carbocycles. The van der Waals surface area contributed by atoms with Crippen molar-refractivity contribution in [2.24, 2.45) is 7.05 Å². The van der Waals surface area contributed by atoms with Gasteiger partial charge in [0.05, 0.1) is 6.54 Å². The Hall–Kier alpha value is -2.40. The summed E-state index contributed by atoms with van der Waals surface area (Å²) in [7, 11) is 2.03. The third kappa shape index (κ3) is 2.99. The molecule has 0 amide bonds. The molecule has 0 bridgehead atoms. The molecule has 0 unspecified atom stereocenters. The standard InChI is InChI=1S/C19H21N3O2/c1-13-9-19(23)24-17-10-14(3-6-16(13)17)11-22(15-4-5-15)12-18-20-7-8-21(18)2/h3,6-10,15H,4-5,11-12H2,1-2H3. The molecule has 0 N–H and O–H groups in total. The van der Waals surface area contributed by atoms with E-state index in [0.29, 0.717) is 11.6 Å². The Bertz CT molecular complexity index is 937. The molecular weight excluding hydrogens is 302 g/mol. The van der Waals surface area contributed by atoms with Gasteiger partial charge in [0.25, 0.3) is 0 Å². The van der Waals surface area contributed by atoms with Crippen LogP contribution in [0.25, 0.3) is 11.0 Å². The summed E-state index contributed by atoms with van der Waals surface area (Å²) < 4.78 is 7.44. The van der Waals surface area contributed by atoms with Crippen LogP contribution in [0.5, 0.6) is 0 Å². The van der Waals surface area contributed by atoms with Crippen molar-refractivity contribution in [3.05, 3.63) is 64.0 Å². The van der Waals surface area contributed by atoms with Gasteiger partial charge in [0, 0.05) is 43.5 Å². The quantitative estimate of drug-likeness (QED) is 0.677. The van der Waals surface area contributed by atoms with Crippen LogP contribution in [-0.4, -0.2) is 20.5 Å². The topological polar surface area (TPSA) is 51.3 Å². The molecule has 1 fully saturated rings. The smallest absolute Gasteiger partial charge is 0.336 e. The molecule has 5 nitrogen and oxygen atoms in total. The van der Waals surface area contributed by atoms with Crippen molar-refractivity contribution in [1.29, 1.82) is 0 Å². The minimum Gasteiger partial charge on any atom is -0.423 e. The summed E-state index contributed by atoms with van der Waals surface area (Å²) in [4.78, 5) is 18.5. The van der Waals surface area contributed by atoms with Gasteiger partial charge >= 0.3 is 5.63 Å². The highest BCUT2D eigenvalue weighted by atomic mass is 16.4. The Labute approximate surface area is 140 Å². The molecule has 5 heteroatoms. The van der Waals surface area contributed by atoms with Gasteiger partial charge in [-0.15, -0.1) is 0 Å². The van der Waals surface area contributed by atoms with Crippen molar-refractivity contribution in [3.8, 4) is 0 Å². The number of aromatic nitrogens is 2. The van der Waals surface area contributed by atoms with Crippen molar-refractivity contribution in [1.82, 2.24) is 14.5 Å². The Morgan fingerprint density at radius 1 is 1.29 bits per heavy atom. The van der Waals surface area contributed by atoms with E-state index in [9.17, 15) is 4.79 Å². The minimum atomic E-state index is -0.288. The predicted molar refractivity (Wildman–Crippen MR) is 92.7 cm³/mol. The van der Waals surface area contributed by atoms with E-state index in [4.69, 9.17) is 4.42 Å². The van der Waals surface area contributed by atoms with E-state index in [-0.39, 0.29) is 5.63 Å². The number of fused-ring (bicyclic) bond motifs is 1. The minimum absolute atomic E-state index is 0.288. The molecule has 1 aromatic carbocycles. The maximum absolute atomic E-state index is 11.6. The lowest BCUT2D eigenvalue weighted by molar-refractivity contribution is 0.237. The number of nitrogens with zero attached hydrogens (tertiary/aromatic N) is 3. The van der Waals surface area contributed by atoms with Gasteiger partial charge in [0.1, 0.15) is 11.4 Å². The number of hydrogen-bond acceptors (Lipinski definition) is 4. The van der Waals surface area contributed by atoms with E-state index in [2.05, 4.69) is 26.6 Å².